The number of nitrogens with zero attached hydrogens (tertiary/aromatic N) is 3. The van der Waals surface area contributed by atoms with E-state index in [1.165, 1.54) is 24.1 Å². The number of imidazole rings is 1. The smallest absolute Gasteiger partial charge is 0.0949 e. The molecule has 1 aliphatic carbocycles. The molecule has 1 saturated carbocycles. The first-order valence-electron chi connectivity index (χ1n) is 6.46. The number of rotatable bonds is 4. The summed E-state index contributed by atoms with van der Waals surface area (Å²) in [5.41, 5.74) is 1.90. The topological polar surface area (TPSA) is 42.7 Å². The van der Waals surface area contributed by atoms with Crippen LogP contribution in [0.3, 0.4) is 0 Å². The SMILES string of the molecule is CC(NC1CCCC1n1ccnc1)c1cncs1. The maximum Gasteiger partial charge on any atom is 0.0949 e. The molecule has 0 saturated heterocycles. The number of nitrogens with one attached hydrogen (secondary N) is 1. The lowest BCUT2D eigenvalue weighted by Gasteiger charge is -2.25. The average molecular weight is 262 g/mol. The van der Waals surface area contributed by atoms with Crippen LogP contribution in [0.1, 0.15) is 43.1 Å². The van der Waals surface area contributed by atoms with Crippen molar-refractivity contribution in [1.82, 2.24) is 19.9 Å². The van der Waals surface area contributed by atoms with Crippen molar-refractivity contribution in [1.29, 1.82) is 0 Å². The van der Waals surface area contributed by atoms with Crippen LogP contribution >= 0.6 is 11.3 Å². The Kier molecular flexibility index (Phi) is 3.43. The van der Waals surface area contributed by atoms with Crippen molar-refractivity contribution in [3.05, 3.63) is 35.3 Å². The molecule has 0 spiro atoms. The van der Waals surface area contributed by atoms with Gasteiger partial charge in [-0.2, -0.15) is 0 Å². The lowest BCUT2D eigenvalue weighted by molar-refractivity contribution is 0.364. The van der Waals surface area contributed by atoms with E-state index < -0.39 is 0 Å². The Hall–Kier alpha value is -1.20. The van der Waals surface area contributed by atoms with Crippen molar-refractivity contribution in [2.45, 2.75) is 44.3 Å². The van der Waals surface area contributed by atoms with Crippen LogP contribution < -0.4 is 5.32 Å². The minimum atomic E-state index is 0.381. The van der Waals surface area contributed by atoms with Crippen LogP contribution in [0.5, 0.6) is 0 Å². The van der Waals surface area contributed by atoms with Gasteiger partial charge < -0.3 is 9.88 Å². The third-order valence-corrected chi connectivity index (χ3v) is 4.69. The molecule has 2 aromatic rings. The first-order chi connectivity index (χ1) is 8.84. The van der Waals surface area contributed by atoms with Gasteiger partial charge in [-0.1, -0.05) is 0 Å². The zero-order chi connectivity index (χ0) is 12.4. The Morgan fingerprint density at radius 3 is 3.11 bits per heavy atom. The standard InChI is InChI=1S/C13H18N4S/c1-10(13-7-15-9-18-13)16-11-3-2-4-12(11)17-6-5-14-8-17/h5-12,16H,2-4H2,1H3. The Morgan fingerprint density at radius 2 is 2.39 bits per heavy atom. The molecule has 96 valence electrons. The van der Waals surface area contributed by atoms with Gasteiger partial charge in [-0.3, -0.25) is 4.98 Å². The number of hydrogen-bond donors (Lipinski definition) is 1. The molecule has 0 aromatic carbocycles. The van der Waals surface area contributed by atoms with Crippen LogP contribution in [0.15, 0.2) is 30.4 Å². The summed E-state index contributed by atoms with van der Waals surface area (Å²) < 4.78 is 2.24. The third-order valence-electron chi connectivity index (χ3n) is 3.73. The molecule has 1 aliphatic rings. The number of thiazole rings is 1. The maximum atomic E-state index is 4.16. The molecule has 2 aromatic heterocycles. The van der Waals surface area contributed by atoms with Crippen LogP contribution in [0.25, 0.3) is 0 Å². The van der Waals surface area contributed by atoms with E-state index in [0.717, 1.165) is 0 Å². The Morgan fingerprint density at radius 1 is 1.44 bits per heavy atom. The first kappa shape index (κ1) is 11.9. The molecule has 3 unspecified atom stereocenters. The van der Waals surface area contributed by atoms with Crippen LogP contribution in [-0.4, -0.2) is 20.6 Å². The van der Waals surface area contributed by atoms with Gasteiger partial charge in [-0.15, -0.1) is 11.3 Å². The van der Waals surface area contributed by atoms with E-state index in [2.05, 4.69) is 33.0 Å². The van der Waals surface area contributed by atoms with E-state index in [-0.39, 0.29) is 0 Å². The van der Waals surface area contributed by atoms with Gasteiger partial charge in [0.05, 0.1) is 11.8 Å². The van der Waals surface area contributed by atoms with Crippen LogP contribution in [0, 0.1) is 0 Å². The minimum absolute atomic E-state index is 0.381. The zero-order valence-corrected chi connectivity index (χ0v) is 11.3. The molecule has 1 N–H and O–H groups in total. The highest BCUT2D eigenvalue weighted by molar-refractivity contribution is 7.09. The number of hydrogen-bond acceptors (Lipinski definition) is 4. The van der Waals surface area contributed by atoms with E-state index in [1.54, 1.807) is 11.3 Å². The summed E-state index contributed by atoms with van der Waals surface area (Å²) in [4.78, 5) is 9.62. The van der Waals surface area contributed by atoms with Crippen molar-refractivity contribution >= 4 is 11.3 Å². The summed E-state index contributed by atoms with van der Waals surface area (Å²) in [6.07, 6.45) is 11.6. The lowest BCUT2D eigenvalue weighted by Crippen LogP contribution is -2.35. The fourth-order valence-electron chi connectivity index (χ4n) is 2.80. The molecule has 2 heterocycles. The van der Waals surface area contributed by atoms with E-state index >= 15 is 0 Å². The largest absolute Gasteiger partial charge is 0.333 e. The predicted octanol–water partition coefficient (Wildman–Crippen LogP) is 2.78. The summed E-state index contributed by atoms with van der Waals surface area (Å²) in [6.45, 7) is 2.22. The fourth-order valence-corrected chi connectivity index (χ4v) is 3.44. The second-order valence-corrected chi connectivity index (χ2v) is 5.82. The van der Waals surface area contributed by atoms with Crippen LogP contribution in [-0.2, 0) is 0 Å². The molecule has 1 fully saturated rings. The van der Waals surface area contributed by atoms with E-state index in [9.17, 15) is 0 Å². The molecule has 3 rings (SSSR count). The Bertz CT molecular complexity index is 465. The molecular formula is C13H18N4S. The van der Waals surface area contributed by atoms with Crippen molar-refractivity contribution < 1.29 is 0 Å². The minimum Gasteiger partial charge on any atom is -0.333 e. The van der Waals surface area contributed by atoms with E-state index in [4.69, 9.17) is 0 Å². The predicted molar refractivity (Wildman–Crippen MR) is 72.6 cm³/mol. The van der Waals surface area contributed by atoms with Gasteiger partial charge in [0.1, 0.15) is 0 Å². The Balaban J connectivity index is 1.68. The molecular weight excluding hydrogens is 244 g/mol. The van der Waals surface area contributed by atoms with Gasteiger partial charge in [0.2, 0.25) is 0 Å². The summed E-state index contributed by atoms with van der Waals surface area (Å²) in [5.74, 6) is 0. The average Bonchev–Trinajstić information content (AvgIpc) is 3.11. The fraction of sp³-hybridized carbons (Fsp3) is 0.538. The number of aromatic nitrogens is 3. The van der Waals surface area contributed by atoms with Gasteiger partial charge in [0.25, 0.3) is 0 Å². The second kappa shape index (κ2) is 5.20. The lowest BCUT2D eigenvalue weighted by atomic mass is 10.1. The van der Waals surface area contributed by atoms with E-state index in [0.29, 0.717) is 18.1 Å². The highest BCUT2D eigenvalue weighted by Crippen LogP contribution is 2.32. The van der Waals surface area contributed by atoms with Gasteiger partial charge in [0.15, 0.2) is 0 Å². The molecule has 3 atom stereocenters. The zero-order valence-electron chi connectivity index (χ0n) is 10.5. The van der Waals surface area contributed by atoms with Gasteiger partial charge in [-0.25, -0.2) is 4.98 Å². The molecule has 4 nitrogen and oxygen atoms in total. The van der Waals surface area contributed by atoms with Crippen molar-refractivity contribution in [3.8, 4) is 0 Å². The van der Waals surface area contributed by atoms with E-state index in [1.807, 2.05) is 24.2 Å². The highest BCUT2D eigenvalue weighted by Gasteiger charge is 2.29. The second-order valence-electron chi connectivity index (χ2n) is 4.91. The quantitative estimate of drug-likeness (QED) is 0.921. The first-order valence-corrected chi connectivity index (χ1v) is 7.34. The van der Waals surface area contributed by atoms with Gasteiger partial charge in [0, 0.05) is 41.6 Å². The molecule has 0 aliphatic heterocycles. The van der Waals surface area contributed by atoms with Crippen LogP contribution in [0.2, 0.25) is 0 Å². The highest BCUT2D eigenvalue weighted by atomic mass is 32.1. The van der Waals surface area contributed by atoms with Gasteiger partial charge >= 0.3 is 0 Å². The van der Waals surface area contributed by atoms with Crippen molar-refractivity contribution in [2.24, 2.45) is 0 Å². The molecule has 18 heavy (non-hydrogen) atoms. The third kappa shape index (κ3) is 2.33. The molecule has 0 bridgehead atoms. The Labute approximate surface area is 111 Å². The molecule has 0 radical (unpaired) electrons. The maximum absolute atomic E-state index is 4.16. The van der Waals surface area contributed by atoms with Crippen molar-refractivity contribution in [3.63, 3.8) is 0 Å². The molecule has 0 amide bonds. The summed E-state index contributed by atoms with van der Waals surface area (Å²) in [7, 11) is 0. The van der Waals surface area contributed by atoms with Crippen molar-refractivity contribution in [2.75, 3.05) is 0 Å². The summed E-state index contributed by atoms with van der Waals surface area (Å²) >= 11 is 1.72. The monoisotopic (exact) mass is 262 g/mol. The van der Waals surface area contributed by atoms with Crippen LogP contribution in [0.4, 0.5) is 0 Å². The summed E-state index contributed by atoms with van der Waals surface area (Å²) in [5, 5.41) is 3.74. The molecule has 5 heteroatoms. The normalized spacial score (nSPS) is 25.4. The summed E-state index contributed by atoms with van der Waals surface area (Å²) in [6, 6.07) is 1.46. The van der Waals surface area contributed by atoms with Gasteiger partial charge in [-0.05, 0) is 26.2 Å².